The summed E-state index contributed by atoms with van der Waals surface area (Å²) >= 11 is 0. The van der Waals surface area contributed by atoms with E-state index in [1.165, 1.54) is 13.0 Å². The van der Waals surface area contributed by atoms with Crippen molar-refractivity contribution in [2.24, 2.45) is 5.92 Å². The summed E-state index contributed by atoms with van der Waals surface area (Å²) in [5, 5.41) is 3.34. The van der Waals surface area contributed by atoms with Gasteiger partial charge in [0.1, 0.15) is 0 Å². The van der Waals surface area contributed by atoms with E-state index in [4.69, 9.17) is 4.74 Å². The molecule has 1 aliphatic rings. The summed E-state index contributed by atoms with van der Waals surface area (Å²) in [6, 6.07) is 0. The first-order valence-corrected chi connectivity index (χ1v) is 4.12. The minimum atomic E-state index is 0.481. The van der Waals surface area contributed by atoms with Crippen molar-refractivity contribution >= 4 is 0 Å². The standard InChI is InChI=1S/C8H17NO/c1-3-8(10-2)7-4-5-9-6-7/h7-9H,3-6H2,1-2H3. The number of hydrogen-bond acceptors (Lipinski definition) is 2. The molecule has 1 aliphatic heterocycles. The van der Waals surface area contributed by atoms with Crippen molar-refractivity contribution in [2.45, 2.75) is 25.9 Å². The predicted octanol–water partition coefficient (Wildman–Crippen LogP) is 1.02. The van der Waals surface area contributed by atoms with Gasteiger partial charge in [-0.2, -0.15) is 0 Å². The van der Waals surface area contributed by atoms with E-state index in [0.717, 1.165) is 18.9 Å². The van der Waals surface area contributed by atoms with Gasteiger partial charge in [0.15, 0.2) is 0 Å². The Morgan fingerprint density at radius 3 is 2.90 bits per heavy atom. The van der Waals surface area contributed by atoms with Crippen LogP contribution in [0.1, 0.15) is 19.8 Å². The third kappa shape index (κ3) is 1.70. The average molecular weight is 143 g/mol. The van der Waals surface area contributed by atoms with E-state index in [1.54, 1.807) is 0 Å². The van der Waals surface area contributed by atoms with Gasteiger partial charge >= 0.3 is 0 Å². The molecule has 2 atom stereocenters. The third-order valence-electron chi connectivity index (χ3n) is 2.33. The molecule has 0 radical (unpaired) electrons. The Hall–Kier alpha value is -0.0800. The van der Waals surface area contributed by atoms with E-state index >= 15 is 0 Å². The number of ether oxygens (including phenoxy) is 1. The van der Waals surface area contributed by atoms with Crippen LogP contribution in [0, 0.1) is 5.92 Å². The Labute approximate surface area is 63.0 Å². The molecule has 60 valence electrons. The van der Waals surface area contributed by atoms with Crippen LogP contribution in [-0.2, 0) is 4.74 Å². The van der Waals surface area contributed by atoms with Gasteiger partial charge in [0.05, 0.1) is 6.10 Å². The summed E-state index contributed by atoms with van der Waals surface area (Å²) in [4.78, 5) is 0. The van der Waals surface area contributed by atoms with Crippen molar-refractivity contribution in [1.29, 1.82) is 0 Å². The van der Waals surface area contributed by atoms with Crippen molar-refractivity contribution in [3.8, 4) is 0 Å². The van der Waals surface area contributed by atoms with E-state index in [9.17, 15) is 0 Å². The molecule has 0 saturated carbocycles. The van der Waals surface area contributed by atoms with Crippen LogP contribution in [0.5, 0.6) is 0 Å². The highest BCUT2D eigenvalue weighted by atomic mass is 16.5. The number of rotatable bonds is 3. The molecule has 0 aromatic carbocycles. The number of nitrogens with one attached hydrogen (secondary N) is 1. The molecule has 1 rings (SSSR count). The van der Waals surface area contributed by atoms with Crippen molar-refractivity contribution in [1.82, 2.24) is 5.32 Å². The van der Waals surface area contributed by atoms with E-state index < -0.39 is 0 Å². The highest BCUT2D eigenvalue weighted by Crippen LogP contribution is 2.17. The van der Waals surface area contributed by atoms with Crippen molar-refractivity contribution in [2.75, 3.05) is 20.2 Å². The normalized spacial score (nSPS) is 28.8. The summed E-state index contributed by atoms with van der Waals surface area (Å²) in [6.45, 7) is 4.50. The SMILES string of the molecule is CCC(OC)C1CCNC1. The van der Waals surface area contributed by atoms with Gasteiger partial charge in [0.25, 0.3) is 0 Å². The molecular weight excluding hydrogens is 126 g/mol. The van der Waals surface area contributed by atoms with Gasteiger partial charge in [-0.15, -0.1) is 0 Å². The lowest BCUT2D eigenvalue weighted by atomic mass is 10.00. The molecular formula is C8H17NO. The Bertz CT molecular complexity index is 85.3. The third-order valence-corrected chi connectivity index (χ3v) is 2.33. The zero-order chi connectivity index (χ0) is 7.40. The molecule has 0 bridgehead atoms. The van der Waals surface area contributed by atoms with E-state index in [0.29, 0.717) is 6.10 Å². The van der Waals surface area contributed by atoms with E-state index in [1.807, 2.05) is 7.11 Å². The van der Waals surface area contributed by atoms with Crippen LogP contribution in [0.15, 0.2) is 0 Å². The molecule has 0 spiro atoms. The topological polar surface area (TPSA) is 21.3 Å². The quantitative estimate of drug-likeness (QED) is 0.637. The van der Waals surface area contributed by atoms with Crippen molar-refractivity contribution in [3.63, 3.8) is 0 Å². The summed E-state index contributed by atoms with van der Waals surface area (Å²) in [5.74, 6) is 0.759. The molecule has 0 amide bonds. The van der Waals surface area contributed by atoms with Crippen molar-refractivity contribution in [3.05, 3.63) is 0 Å². The molecule has 1 saturated heterocycles. The largest absolute Gasteiger partial charge is 0.381 e. The summed E-state index contributed by atoms with van der Waals surface area (Å²) in [7, 11) is 1.81. The van der Waals surface area contributed by atoms with Crippen LogP contribution < -0.4 is 5.32 Å². The van der Waals surface area contributed by atoms with Crippen LogP contribution in [0.2, 0.25) is 0 Å². The first kappa shape index (κ1) is 8.02. The summed E-state index contributed by atoms with van der Waals surface area (Å²) in [6.07, 6.45) is 2.91. The first-order chi connectivity index (χ1) is 4.88. The molecule has 2 heteroatoms. The van der Waals surface area contributed by atoms with Gasteiger partial charge in [-0.3, -0.25) is 0 Å². The van der Waals surface area contributed by atoms with Gasteiger partial charge in [-0.1, -0.05) is 6.92 Å². The highest BCUT2D eigenvalue weighted by molar-refractivity contribution is 4.77. The molecule has 0 aliphatic carbocycles. The second kappa shape index (κ2) is 3.94. The van der Waals surface area contributed by atoms with Gasteiger partial charge < -0.3 is 10.1 Å². The average Bonchev–Trinajstić information content (AvgIpc) is 2.43. The fourth-order valence-corrected chi connectivity index (χ4v) is 1.69. The lowest BCUT2D eigenvalue weighted by Gasteiger charge is -2.18. The van der Waals surface area contributed by atoms with Gasteiger partial charge in [0.2, 0.25) is 0 Å². The first-order valence-electron chi connectivity index (χ1n) is 4.12. The second-order valence-electron chi connectivity index (χ2n) is 2.94. The second-order valence-corrected chi connectivity index (χ2v) is 2.94. The van der Waals surface area contributed by atoms with Crippen LogP contribution in [0.25, 0.3) is 0 Å². The minimum absolute atomic E-state index is 0.481. The van der Waals surface area contributed by atoms with E-state index in [-0.39, 0.29) is 0 Å². The lowest BCUT2D eigenvalue weighted by Crippen LogP contribution is -2.23. The fourth-order valence-electron chi connectivity index (χ4n) is 1.69. The predicted molar refractivity (Wildman–Crippen MR) is 42.1 cm³/mol. The van der Waals surface area contributed by atoms with Crippen LogP contribution in [0.4, 0.5) is 0 Å². The molecule has 1 heterocycles. The van der Waals surface area contributed by atoms with E-state index in [2.05, 4.69) is 12.2 Å². The molecule has 0 aromatic heterocycles. The molecule has 10 heavy (non-hydrogen) atoms. The molecule has 2 unspecified atom stereocenters. The molecule has 2 nitrogen and oxygen atoms in total. The van der Waals surface area contributed by atoms with Crippen molar-refractivity contribution < 1.29 is 4.74 Å². The Morgan fingerprint density at radius 2 is 2.50 bits per heavy atom. The maximum absolute atomic E-state index is 5.34. The van der Waals surface area contributed by atoms with Crippen LogP contribution >= 0.6 is 0 Å². The number of hydrogen-bond donors (Lipinski definition) is 1. The van der Waals surface area contributed by atoms with Gasteiger partial charge in [-0.05, 0) is 25.3 Å². The Morgan fingerprint density at radius 1 is 1.70 bits per heavy atom. The molecule has 1 N–H and O–H groups in total. The van der Waals surface area contributed by atoms with Gasteiger partial charge in [-0.25, -0.2) is 0 Å². The summed E-state index contributed by atoms with van der Waals surface area (Å²) in [5.41, 5.74) is 0. The molecule has 1 fully saturated rings. The fraction of sp³-hybridized carbons (Fsp3) is 1.00. The number of methoxy groups -OCH3 is 1. The smallest absolute Gasteiger partial charge is 0.0609 e. The van der Waals surface area contributed by atoms with Crippen LogP contribution in [0.3, 0.4) is 0 Å². The van der Waals surface area contributed by atoms with Gasteiger partial charge in [0, 0.05) is 13.7 Å². The molecule has 0 aromatic rings. The Balaban J connectivity index is 2.29. The zero-order valence-corrected chi connectivity index (χ0v) is 6.89. The maximum atomic E-state index is 5.34. The highest BCUT2D eigenvalue weighted by Gasteiger charge is 2.22. The van der Waals surface area contributed by atoms with Crippen LogP contribution in [-0.4, -0.2) is 26.3 Å². The minimum Gasteiger partial charge on any atom is -0.381 e. The summed E-state index contributed by atoms with van der Waals surface area (Å²) < 4.78 is 5.34. The zero-order valence-electron chi connectivity index (χ0n) is 6.89. The lowest BCUT2D eigenvalue weighted by molar-refractivity contribution is 0.0562. The monoisotopic (exact) mass is 143 g/mol. The Kier molecular flexibility index (Phi) is 3.16. The maximum Gasteiger partial charge on any atom is 0.0609 e.